The molecule has 0 fully saturated rings. The molecule has 2 heterocycles. The summed E-state index contributed by atoms with van der Waals surface area (Å²) in [4.78, 5) is 3.94. The number of ether oxygens (including phenoxy) is 1. The van der Waals surface area contributed by atoms with Crippen molar-refractivity contribution in [2.24, 2.45) is 0 Å². The molecule has 0 unspecified atom stereocenters. The fraction of sp³-hybridized carbons (Fsp3) is 0. The Hall–Kier alpha value is -3.00. The van der Waals surface area contributed by atoms with Gasteiger partial charge >= 0.3 is 0 Å². The Labute approximate surface area is 108 Å². The first-order chi connectivity index (χ1) is 9.28. The molecule has 0 atom stereocenters. The molecule has 3 aromatic rings. The summed E-state index contributed by atoms with van der Waals surface area (Å²) < 4.78 is 11.1. The maximum absolute atomic E-state index is 9.09. The Morgan fingerprint density at radius 1 is 1.26 bits per heavy atom. The predicted octanol–water partition coefficient (Wildman–Crippen LogP) is 3.07. The molecule has 0 aliphatic heterocycles. The van der Waals surface area contributed by atoms with Crippen molar-refractivity contribution in [3.05, 3.63) is 48.5 Å². The van der Waals surface area contributed by atoms with E-state index in [4.69, 9.17) is 20.1 Å². The zero-order valence-electron chi connectivity index (χ0n) is 9.83. The third-order valence-corrected chi connectivity index (χ3v) is 2.61. The number of pyridine rings is 1. The largest absolute Gasteiger partial charge is 0.450 e. The smallest absolute Gasteiger partial charge is 0.247 e. The molecule has 5 heteroatoms. The van der Waals surface area contributed by atoms with Gasteiger partial charge in [0.15, 0.2) is 5.75 Å². The lowest BCUT2D eigenvalue weighted by molar-refractivity contribution is 0.465. The summed E-state index contributed by atoms with van der Waals surface area (Å²) >= 11 is 0. The second-order valence-electron chi connectivity index (χ2n) is 3.92. The van der Waals surface area contributed by atoms with Crippen molar-refractivity contribution >= 4 is 16.7 Å². The summed E-state index contributed by atoms with van der Waals surface area (Å²) in [7, 11) is 0. The van der Waals surface area contributed by atoms with E-state index in [1.165, 1.54) is 12.4 Å². The monoisotopic (exact) mass is 251 g/mol. The first-order valence-corrected chi connectivity index (χ1v) is 5.58. The van der Waals surface area contributed by atoms with Gasteiger partial charge in [0.05, 0.1) is 23.5 Å². The molecule has 92 valence electrons. The van der Waals surface area contributed by atoms with Gasteiger partial charge in [-0.3, -0.25) is 4.98 Å². The second kappa shape index (κ2) is 4.35. The van der Waals surface area contributed by atoms with Crippen LogP contribution in [-0.4, -0.2) is 4.98 Å². The molecular formula is C14H9N3O2. The van der Waals surface area contributed by atoms with Crippen LogP contribution in [0, 0.1) is 11.3 Å². The molecule has 0 saturated carbocycles. The molecule has 0 amide bonds. The molecular weight excluding hydrogens is 242 g/mol. The molecule has 5 nitrogen and oxygen atoms in total. The first kappa shape index (κ1) is 11.1. The quantitative estimate of drug-likeness (QED) is 0.756. The van der Waals surface area contributed by atoms with Crippen molar-refractivity contribution in [2.45, 2.75) is 0 Å². The van der Waals surface area contributed by atoms with Crippen LogP contribution in [0.3, 0.4) is 0 Å². The summed E-state index contributed by atoms with van der Waals surface area (Å²) in [6.07, 6.45) is 3.05. The van der Waals surface area contributed by atoms with Crippen LogP contribution in [0.5, 0.6) is 11.5 Å². The van der Waals surface area contributed by atoms with E-state index in [9.17, 15) is 0 Å². The number of hydrogen-bond donors (Lipinski definition) is 1. The Balaban J connectivity index is 2.12. The van der Waals surface area contributed by atoms with E-state index in [0.29, 0.717) is 22.8 Å². The van der Waals surface area contributed by atoms with Gasteiger partial charge in [-0.15, -0.1) is 0 Å². The summed E-state index contributed by atoms with van der Waals surface area (Å²) in [6, 6.07) is 10.9. The maximum Gasteiger partial charge on any atom is 0.247 e. The first-order valence-electron chi connectivity index (χ1n) is 5.58. The van der Waals surface area contributed by atoms with E-state index >= 15 is 0 Å². The second-order valence-corrected chi connectivity index (χ2v) is 3.92. The fourth-order valence-corrected chi connectivity index (χ4v) is 1.81. The Kier molecular flexibility index (Phi) is 2.54. The Morgan fingerprint density at radius 3 is 2.89 bits per heavy atom. The van der Waals surface area contributed by atoms with Crippen molar-refractivity contribution in [3.8, 4) is 17.6 Å². The lowest BCUT2D eigenvalue weighted by Crippen LogP contribution is -1.90. The number of nitrogens with two attached hydrogens (primary N) is 1. The van der Waals surface area contributed by atoms with Crippen molar-refractivity contribution in [1.29, 1.82) is 5.26 Å². The van der Waals surface area contributed by atoms with Gasteiger partial charge in [-0.2, -0.15) is 5.26 Å². The Bertz CT molecular complexity index is 787. The molecule has 0 radical (unpaired) electrons. The number of hydrogen-bond acceptors (Lipinski definition) is 5. The highest BCUT2D eigenvalue weighted by Crippen LogP contribution is 2.35. The summed E-state index contributed by atoms with van der Waals surface area (Å²) in [5.74, 6) is 0.970. The van der Waals surface area contributed by atoms with Crippen LogP contribution in [0.2, 0.25) is 0 Å². The number of aromatic nitrogens is 1. The number of para-hydroxylation sites is 1. The predicted molar refractivity (Wildman–Crippen MR) is 69.7 cm³/mol. The van der Waals surface area contributed by atoms with Crippen LogP contribution < -0.4 is 10.5 Å². The van der Waals surface area contributed by atoms with Gasteiger partial charge in [-0.1, -0.05) is 12.1 Å². The molecule has 0 saturated heterocycles. The number of nitriles is 1. The number of rotatable bonds is 2. The van der Waals surface area contributed by atoms with E-state index in [-0.39, 0.29) is 5.76 Å². The average Bonchev–Trinajstić information content (AvgIpc) is 2.77. The van der Waals surface area contributed by atoms with Crippen molar-refractivity contribution in [2.75, 3.05) is 5.73 Å². The number of fused-ring (bicyclic) bond motifs is 1. The number of benzene rings is 1. The van der Waals surface area contributed by atoms with Gasteiger partial charge in [0.25, 0.3) is 0 Å². The highest BCUT2D eigenvalue weighted by atomic mass is 16.5. The lowest BCUT2D eigenvalue weighted by atomic mass is 10.2. The van der Waals surface area contributed by atoms with Gasteiger partial charge < -0.3 is 14.9 Å². The van der Waals surface area contributed by atoms with E-state index in [2.05, 4.69) is 4.98 Å². The lowest BCUT2D eigenvalue weighted by Gasteiger charge is -2.03. The molecule has 19 heavy (non-hydrogen) atoms. The molecule has 0 aliphatic rings. The van der Waals surface area contributed by atoms with E-state index < -0.39 is 0 Å². The third kappa shape index (κ3) is 1.96. The molecule has 0 spiro atoms. The normalized spacial score (nSPS) is 10.3. The zero-order chi connectivity index (χ0) is 13.2. The van der Waals surface area contributed by atoms with Gasteiger partial charge in [0.1, 0.15) is 17.4 Å². The summed E-state index contributed by atoms with van der Waals surface area (Å²) in [5.41, 5.74) is 6.73. The van der Waals surface area contributed by atoms with E-state index in [1.807, 2.05) is 24.3 Å². The number of anilines is 1. The molecule has 1 aromatic carbocycles. The number of nitrogens with zero attached hydrogens (tertiary/aromatic N) is 2. The Morgan fingerprint density at radius 2 is 2.11 bits per heavy atom. The van der Waals surface area contributed by atoms with Crippen molar-refractivity contribution in [1.82, 2.24) is 4.98 Å². The standard InChI is InChI=1S/C14H9N3O2/c15-6-13-14(11-3-1-2-4-12(11)19-13)18-10-5-9(16)7-17-8-10/h1-5,7-8H,16H2. The van der Waals surface area contributed by atoms with Gasteiger partial charge in [0, 0.05) is 6.07 Å². The van der Waals surface area contributed by atoms with Crippen molar-refractivity contribution < 1.29 is 9.15 Å². The molecule has 2 aromatic heterocycles. The highest BCUT2D eigenvalue weighted by Gasteiger charge is 2.15. The third-order valence-electron chi connectivity index (χ3n) is 2.61. The topological polar surface area (TPSA) is 85.1 Å². The van der Waals surface area contributed by atoms with Crippen LogP contribution in [0.25, 0.3) is 11.0 Å². The van der Waals surface area contributed by atoms with Crippen LogP contribution in [0.1, 0.15) is 5.76 Å². The average molecular weight is 251 g/mol. The molecule has 0 aliphatic carbocycles. The highest BCUT2D eigenvalue weighted by molar-refractivity contribution is 5.86. The minimum Gasteiger partial charge on any atom is -0.450 e. The zero-order valence-corrected chi connectivity index (χ0v) is 9.83. The fourth-order valence-electron chi connectivity index (χ4n) is 1.81. The number of furan rings is 1. The maximum atomic E-state index is 9.09. The number of nitrogen functional groups attached to an aromatic ring is 1. The van der Waals surface area contributed by atoms with Crippen LogP contribution in [-0.2, 0) is 0 Å². The minimum atomic E-state index is 0.128. The van der Waals surface area contributed by atoms with Crippen molar-refractivity contribution in [3.63, 3.8) is 0 Å². The van der Waals surface area contributed by atoms with E-state index in [1.54, 1.807) is 12.1 Å². The SMILES string of the molecule is N#Cc1oc2ccccc2c1Oc1cncc(N)c1. The van der Waals surface area contributed by atoms with Gasteiger partial charge in [0.2, 0.25) is 5.76 Å². The summed E-state index contributed by atoms with van der Waals surface area (Å²) in [5, 5.41) is 9.83. The minimum absolute atomic E-state index is 0.128. The van der Waals surface area contributed by atoms with Gasteiger partial charge in [-0.25, -0.2) is 0 Å². The molecule has 3 rings (SSSR count). The van der Waals surface area contributed by atoms with E-state index in [0.717, 1.165) is 5.39 Å². The summed E-state index contributed by atoms with van der Waals surface area (Å²) in [6.45, 7) is 0. The molecule has 0 bridgehead atoms. The van der Waals surface area contributed by atoms with Crippen LogP contribution in [0.4, 0.5) is 5.69 Å². The van der Waals surface area contributed by atoms with Crippen LogP contribution >= 0.6 is 0 Å². The molecule has 2 N–H and O–H groups in total. The van der Waals surface area contributed by atoms with Gasteiger partial charge in [-0.05, 0) is 12.1 Å². The van der Waals surface area contributed by atoms with Crippen LogP contribution in [0.15, 0.2) is 47.1 Å².